The summed E-state index contributed by atoms with van der Waals surface area (Å²) in [6, 6.07) is 7.77. The molecule has 1 saturated carbocycles. The van der Waals surface area contributed by atoms with Crippen LogP contribution in [0, 0.1) is 5.92 Å². The smallest absolute Gasteiger partial charge is 0.408 e. The van der Waals surface area contributed by atoms with Crippen LogP contribution >= 0.6 is 0 Å². The largest absolute Gasteiger partial charge is 0.445 e. The highest BCUT2D eigenvalue weighted by molar-refractivity contribution is 8.01. The number of rotatable bonds is 6. The van der Waals surface area contributed by atoms with Crippen molar-refractivity contribution in [3.63, 3.8) is 0 Å². The Bertz CT molecular complexity index is 780. The lowest BCUT2D eigenvalue weighted by atomic mass is 9.80. The molecule has 0 aromatic heterocycles. The van der Waals surface area contributed by atoms with E-state index in [9.17, 15) is 22.6 Å². The van der Waals surface area contributed by atoms with E-state index in [1.165, 1.54) is 12.5 Å². The van der Waals surface area contributed by atoms with Crippen LogP contribution < -0.4 is 5.32 Å². The molecule has 0 spiro atoms. The molecule has 1 N–H and O–H groups in total. The lowest BCUT2D eigenvalue weighted by Gasteiger charge is -2.33. The molecule has 2 atom stereocenters. The van der Waals surface area contributed by atoms with Crippen LogP contribution in [0.2, 0.25) is 0 Å². The molecule has 0 bridgehead atoms. The zero-order valence-electron chi connectivity index (χ0n) is 15.5. The number of hydrogen-bond acceptors (Lipinski definition) is 4. The van der Waals surface area contributed by atoms with Gasteiger partial charge in [0, 0.05) is 30.7 Å². The second kappa shape index (κ2) is 8.82. The molecule has 0 radical (unpaired) electrons. The van der Waals surface area contributed by atoms with E-state index in [2.05, 4.69) is 5.32 Å². The Hall–Kier alpha value is -1.96. The number of benzene rings is 1. The van der Waals surface area contributed by atoms with Crippen molar-refractivity contribution in [1.82, 2.24) is 5.32 Å². The Labute approximate surface area is 158 Å². The van der Waals surface area contributed by atoms with E-state index in [0.717, 1.165) is 10.9 Å². The maximum Gasteiger partial charge on any atom is 0.408 e. The number of alkyl carbamates (subject to hydrolysis) is 1. The van der Waals surface area contributed by atoms with Gasteiger partial charge in [-0.1, -0.05) is 30.3 Å². The van der Waals surface area contributed by atoms with Crippen molar-refractivity contribution >= 4 is 26.8 Å². The van der Waals surface area contributed by atoms with Gasteiger partial charge < -0.3 is 10.1 Å². The monoisotopic (exact) mass is 401 g/mol. The van der Waals surface area contributed by atoms with Gasteiger partial charge in [0.2, 0.25) is 5.92 Å². The number of carbonyl (C=O) groups excluding carboxylic acids is 2. The van der Waals surface area contributed by atoms with Gasteiger partial charge in [0.05, 0.1) is 6.04 Å². The SMILES string of the molecule is CS(C)(=O)=CC(=O)[C@@H](NC(=O)OCc1ccccc1)[C@H]1CCCC(F)(F)C1. The minimum Gasteiger partial charge on any atom is -0.445 e. The highest BCUT2D eigenvalue weighted by Crippen LogP contribution is 2.38. The van der Waals surface area contributed by atoms with Crippen LogP contribution in [0.25, 0.3) is 0 Å². The first-order valence-electron chi connectivity index (χ1n) is 8.74. The molecule has 0 heterocycles. The Kier molecular flexibility index (Phi) is 6.97. The Balaban J connectivity index is 2.10. The van der Waals surface area contributed by atoms with Crippen LogP contribution in [-0.2, 0) is 25.7 Å². The van der Waals surface area contributed by atoms with E-state index < -0.39 is 45.7 Å². The standard InChI is InChI=1S/C19H25F2NO4S/c1-27(2,25)13-16(23)17(15-9-6-10-19(20,21)11-15)22-18(24)26-12-14-7-4-3-5-8-14/h3-5,7-8,13,15,17H,6,9-12H2,1-2H3,(H,22,24)/t15-,17-/m0/s1. The van der Waals surface area contributed by atoms with Gasteiger partial charge >= 0.3 is 6.09 Å². The van der Waals surface area contributed by atoms with E-state index >= 15 is 0 Å². The third-order valence-electron chi connectivity index (χ3n) is 4.34. The Morgan fingerprint density at radius 3 is 2.59 bits per heavy atom. The van der Waals surface area contributed by atoms with Crippen LogP contribution in [-0.4, -0.2) is 45.9 Å². The average molecular weight is 401 g/mol. The van der Waals surface area contributed by atoms with Gasteiger partial charge in [0.1, 0.15) is 6.61 Å². The number of alkyl halides is 2. The third-order valence-corrected chi connectivity index (χ3v) is 5.14. The van der Waals surface area contributed by atoms with Crippen LogP contribution in [0.15, 0.2) is 30.3 Å². The maximum absolute atomic E-state index is 13.8. The molecule has 150 valence electrons. The third kappa shape index (κ3) is 7.28. The predicted octanol–water partition coefficient (Wildman–Crippen LogP) is 3.02. The summed E-state index contributed by atoms with van der Waals surface area (Å²) in [4.78, 5) is 24.7. The molecule has 1 aromatic carbocycles. The zero-order valence-corrected chi connectivity index (χ0v) is 16.3. The number of ether oxygens (including phenoxy) is 1. The molecular formula is C19H25F2NO4S. The van der Waals surface area contributed by atoms with Crippen molar-refractivity contribution in [3.8, 4) is 0 Å². The molecule has 1 fully saturated rings. The summed E-state index contributed by atoms with van der Waals surface area (Å²) in [5, 5.41) is 3.43. The van der Waals surface area contributed by atoms with Crippen molar-refractivity contribution in [2.45, 2.75) is 44.3 Å². The van der Waals surface area contributed by atoms with E-state index in [-0.39, 0.29) is 19.4 Å². The Morgan fingerprint density at radius 1 is 1.33 bits per heavy atom. The molecule has 2 rings (SSSR count). The summed E-state index contributed by atoms with van der Waals surface area (Å²) in [5.74, 6) is -4.23. The van der Waals surface area contributed by atoms with Gasteiger partial charge in [-0.25, -0.2) is 13.6 Å². The first kappa shape index (κ1) is 21.3. The number of Topliss-reactive ketones (excluding diaryl/α,β-unsaturated/α-hetero) is 1. The van der Waals surface area contributed by atoms with Crippen molar-refractivity contribution in [3.05, 3.63) is 35.9 Å². The second-order valence-electron chi connectivity index (χ2n) is 7.23. The van der Waals surface area contributed by atoms with Crippen LogP contribution in [0.4, 0.5) is 13.6 Å². The van der Waals surface area contributed by atoms with Gasteiger partial charge in [0.25, 0.3) is 0 Å². The van der Waals surface area contributed by atoms with E-state index in [1.54, 1.807) is 24.3 Å². The number of nitrogens with one attached hydrogen (secondary N) is 1. The summed E-state index contributed by atoms with van der Waals surface area (Å²) in [6.45, 7) is -0.00355. The number of carbonyl (C=O) groups is 2. The predicted molar refractivity (Wildman–Crippen MR) is 102 cm³/mol. The molecule has 27 heavy (non-hydrogen) atoms. The molecule has 1 amide bonds. The molecule has 1 aromatic rings. The molecular weight excluding hydrogens is 376 g/mol. The zero-order chi connectivity index (χ0) is 20.1. The fourth-order valence-electron chi connectivity index (χ4n) is 3.16. The average Bonchev–Trinajstić information content (AvgIpc) is 2.56. The molecule has 1 aliphatic rings. The summed E-state index contributed by atoms with van der Waals surface area (Å²) in [7, 11) is -2.53. The second-order valence-corrected chi connectivity index (χ2v) is 10.1. The van der Waals surface area contributed by atoms with Crippen LogP contribution in [0.1, 0.15) is 31.2 Å². The van der Waals surface area contributed by atoms with Gasteiger partial charge in [-0.15, -0.1) is 0 Å². The van der Waals surface area contributed by atoms with Gasteiger partial charge in [0.15, 0.2) is 5.78 Å². The molecule has 0 unspecified atom stereocenters. The summed E-state index contributed by atoms with van der Waals surface area (Å²) in [6.07, 6.45) is 1.81. The van der Waals surface area contributed by atoms with Crippen LogP contribution in [0.5, 0.6) is 0 Å². The molecule has 0 saturated heterocycles. The minimum atomic E-state index is -2.88. The van der Waals surface area contributed by atoms with E-state index in [0.29, 0.717) is 6.42 Å². The fraction of sp³-hybridized carbons (Fsp3) is 0.526. The lowest BCUT2D eigenvalue weighted by molar-refractivity contribution is -0.117. The Morgan fingerprint density at radius 2 is 2.00 bits per heavy atom. The first-order valence-corrected chi connectivity index (χ1v) is 11.2. The summed E-state index contributed by atoms with van der Waals surface area (Å²) < 4.78 is 44.6. The quantitative estimate of drug-likeness (QED) is 0.744. The normalized spacial score (nSPS) is 20.4. The fourth-order valence-corrected chi connectivity index (χ4v) is 3.87. The highest BCUT2D eigenvalue weighted by Gasteiger charge is 2.41. The molecule has 8 heteroatoms. The van der Waals surface area contributed by atoms with Crippen molar-refractivity contribution in [2.75, 3.05) is 12.5 Å². The topological polar surface area (TPSA) is 72.5 Å². The van der Waals surface area contributed by atoms with Crippen molar-refractivity contribution < 1.29 is 27.3 Å². The van der Waals surface area contributed by atoms with Crippen molar-refractivity contribution in [2.24, 2.45) is 5.92 Å². The van der Waals surface area contributed by atoms with E-state index in [1.807, 2.05) is 6.07 Å². The van der Waals surface area contributed by atoms with E-state index in [4.69, 9.17) is 4.74 Å². The molecule has 1 aliphatic carbocycles. The number of halogens is 2. The van der Waals surface area contributed by atoms with Gasteiger partial charge in [-0.2, -0.15) is 0 Å². The lowest BCUT2D eigenvalue weighted by Crippen LogP contribution is -2.49. The van der Waals surface area contributed by atoms with Gasteiger partial charge in [-0.05, 0) is 33.8 Å². The molecule has 0 aliphatic heterocycles. The highest BCUT2D eigenvalue weighted by atomic mass is 32.2. The molecule has 5 nitrogen and oxygen atoms in total. The first-order chi connectivity index (χ1) is 12.6. The summed E-state index contributed by atoms with van der Waals surface area (Å²) >= 11 is 0. The van der Waals surface area contributed by atoms with Crippen molar-refractivity contribution in [1.29, 1.82) is 0 Å². The minimum absolute atomic E-state index is 0.00355. The summed E-state index contributed by atoms with van der Waals surface area (Å²) in [5.41, 5.74) is 0.761. The maximum atomic E-state index is 13.8. The van der Waals surface area contributed by atoms with Crippen LogP contribution in [0.3, 0.4) is 0 Å². The number of ketones is 1. The van der Waals surface area contributed by atoms with Gasteiger partial charge in [-0.3, -0.25) is 9.00 Å². The number of hydrogen-bond donors (Lipinski definition) is 1. The number of amides is 1.